The van der Waals surface area contributed by atoms with Crippen molar-refractivity contribution < 1.29 is 14.7 Å². The molecule has 26 heavy (non-hydrogen) atoms. The van der Waals surface area contributed by atoms with E-state index in [1.807, 2.05) is 17.8 Å². The van der Waals surface area contributed by atoms with Gasteiger partial charge in [-0.05, 0) is 37.5 Å². The largest absolute Gasteiger partial charge is 0.478 e. The quantitative estimate of drug-likeness (QED) is 0.761. The monoisotopic (exact) mass is 356 g/mol. The van der Waals surface area contributed by atoms with Crippen LogP contribution >= 0.6 is 0 Å². The van der Waals surface area contributed by atoms with Crippen molar-refractivity contribution >= 4 is 17.8 Å². The summed E-state index contributed by atoms with van der Waals surface area (Å²) in [4.78, 5) is 23.1. The number of carboxylic acid groups (broad SMARTS) is 1. The second-order valence-electron chi connectivity index (χ2n) is 6.75. The van der Waals surface area contributed by atoms with E-state index in [0.29, 0.717) is 11.9 Å². The first-order valence-corrected chi connectivity index (χ1v) is 8.96. The molecule has 1 aromatic carbocycles. The molecule has 0 radical (unpaired) electrons. The number of urea groups is 1. The summed E-state index contributed by atoms with van der Waals surface area (Å²) in [6.45, 7) is 2.17. The summed E-state index contributed by atoms with van der Waals surface area (Å²) in [5.41, 5.74) is 1.86. The van der Waals surface area contributed by atoms with Gasteiger partial charge in [0.05, 0.1) is 11.6 Å². The van der Waals surface area contributed by atoms with Gasteiger partial charge in [-0.15, -0.1) is 0 Å². The zero-order chi connectivity index (χ0) is 18.5. The van der Waals surface area contributed by atoms with Crippen LogP contribution in [0.4, 0.5) is 10.6 Å². The highest BCUT2D eigenvalue weighted by Crippen LogP contribution is 2.28. The molecule has 0 spiro atoms. The van der Waals surface area contributed by atoms with E-state index >= 15 is 0 Å². The van der Waals surface area contributed by atoms with Gasteiger partial charge >= 0.3 is 12.0 Å². The number of hydrogen-bond donors (Lipinski definition) is 3. The summed E-state index contributed by atoms with van der Waals surface area (Å²) < 4.78 is 1.97. The Balaban J connectivity index is 1.57. The van der Waals surface area contributed by atoms with E-state index < -0.39 is 5.97 Å². The number of anilines is 1. The lowest BCUT2D eigenvalue weighted by Crippen LogP contribution is -2.28. The molecule has 2 amide bonds. The summed E-state index contributed by atoms with van der Waals surface area (Å²) in [6.07, 6.45) is 7.99. The summed E-state index contributed by atoms with van der Waals surface area (Å²) >= 11 is 0. The average Bonchev–Trinajstić information content (AvgIpc) is 3.01. The fourth-order valence-corrected chi connectivity index (χ4v) is 3.29. The van der Waals surface area contributed by atoms with E-state index in [-0.39, 0.29) is 18.1 Å². The topological polar surface area (TPSA) is 96.3 Å². The number of aromatic carboxylic acids is 1. The van der Waals surface area contributed by atoms with E-state index in [9.17, 15) is 9.59 Å². The highest BCUT2D eigenvalue weighted by atomic mass is 16.4. The number of amides is 2. The molecule has 0 saturated heterocycles. The van der Waals surface area contributed by atoms with E-state index in [2.05, 4.69) is 15.7 Å². The molecule has 3 N–H and O–H groups in total. The van der Waals surface area contributed by atoms with Gasteiger partial charge in [-0.25, -0.2) is 9.59 Å². The van der Waals surface area contributed by atoms with E-state index in [1.54, 1.807) is 18.2 Å². The number of carboxylic acids is 1. The van der Waals surface area contributed by atoms with Crippen molar-refractivity contribution in [2.45, 2.75) is 51.6 Å². The van der Waals surface area contributed by atoms with Crippen molar-refractivity contribution in [3.8, 4) is 0 Å². The molecule has 1 saturated carbocycles. The third-order valence-corrected chi connectivity index (χ3v) is 4.72. The molecule has 0 unspecified atom stereocenters. The van der Waals surface area contributed by atoms with Crippen LogP contribution in [0.5, 0.6) is 0 Å². The molecule has 3 rings (SSSR count). The molecule has 0 bridgehead atoms. The normalized spacial score (nSPS) is 14.8. The Morgan fingerprint density at radius 1 is 1.27 bits per heavy atom. The number of aromatic nitrogens is 2. The average molecular weight is 356 g/mol. The van der Waals surface area contributed by atoms with Gasteiger partial charge in [0, 0.05) is 18.3 Å². The van der Waals surface area contributed by atoms with Gasteiger partial charge in [0.2, 0.25) is 0 Å². The summed E-state index contributed by atoms with van der Waals surface area (Å²) in [5.74, 6) is -0.424. The first kappa shape index (κ1) is 18.0. The molecular weight excluding hydrogens is 332 g/mol. The Morgan fingerprint density at radius 2 is 2.04 bits per heavy atom. The highest BCUT2D eigenvalue weighted by Gasteiger charge is 2.18. The summed E-state index contributed by atoms with van der Waals surface area (Å²) in [5, 5.41) is 19.1. The highest BCUT2D eigenvalue weighted by molar-refractivity contribution is 5.89. The number of nitrogens with zero attached hydrogens (tertiary/aromatic N) is 2. The van der Waals surface area contributed by atoms with Crippen molar-refractivity contribution in [3.05, 3.63) is 47.2 Å². The number of rotatable bonds is 5. The molecule has 7 heteroatoms. The van der Waals surface area contributed by atoms with Gasteiger partial charge < -0.3 is 10.4 Å². The van der Waals surface area contributed by atoms with Crippen LogP contribution in [0.15, 0.2) is 30.5 Å². The Hall–Kier alpha value is -2.83. The standard InChI is InChI=1S/C19H24N4O3/c1-13-12-23(16-8-3-2-4-9-16)22-17(13)21-19(26)20-11-14-6-5-7-15(10-14)18(24)25/h5-7,10,12,16H,2-4,8-9,11H2,1H3,(H,24,25)(H2,20,21,22,26). The summed E-state index contributed by atoms with van der Waals surface area (Å²) in [7, 11) is 0. The van der Waals surface area contributed by atoms with E-state index in [0.717, 1.165) is 24.0 Å². The third kappa shape index (κ3) is 4.41. The maximum Gasteiger partial charge on any atom is 0.335 e. The molecule has 1 aromatic heterocycles. The molecule has 1 heterocycles. The predicted octanol–water partition coefficient (Wildman–Crippen LogP) is 3.72. The number of nitrogens with one attached hydrogen (secondary N) is 2. The van der Waals surface area contributed by atoms with Crippen LogP contribution in [0.1, 0.15) is 59.6 Å². The van der Waals surface area contributed by atoms with Gasteiger partial charge in [-0.3, -0.25) is 10.00 Å². The van der Waals surface area contributed by atoms with Crippen molar-refractivity contribution in [3.63, 3.8) is 0 Å². The van der Waals surface area contributed by atoms with Crippen LogP contribution in [0.2, 0.25) is 0 Å². The van der Waals surface area contributed by atoms with Gasteiger partial charge in [0.1, 0.15) is 0 Å². The van der Waals surface area contributed by atoms with Crippen molar-refractivity contribution in [2.24, 2.45) is 0 Å². The maximum absolute atomic E-state index is 12.2. The molecule has 0 aliphatic heterocycles. The molecule has 0 atom stereocenters. The number of aryl methyl sites for hydroxylation is 1. The number of carbonyl (C=O) groups is 2. The van der Waals surface area contributed by atoms with Crippen LogP contribution in [-0.4, -0.2) is 26.9 Å². The Labute approximate surface area is 152 Å². The minimum Gasteiger partial charge on any atom is -0.478 e. The van der Waals surface area contributed by atoms with Gasteiger partial charge in [0.15, 0.2) is 5.82 Å². The van der Waals surface area contributed by atoms with E-state index in [1.165, 1.54) is 25.3 Å². The lowest BCUT2D eigenvalue weighted by Gasteiger charge is -2.21. The summed E-state index contributed by atoms with van der Waals surface area (Å²) in [6, 6.07) is 6.56. The van der Waals surface area contributed by atoms with Gasteiger partial charge in [0.25, 0.3) is 0 Å². The van der Waals surface area contributed by atoms with E-state index in [4.69, 9.17) is 5.11 Å². The van der Waals surface area contributed by atoms with Crippen molar-refractivity contribution in [1.82, 2.24) is 15.1 Å². The van der Waals surface area contributed by atoms with Crippen LogP contribution in [0.25, 0.3) is 0 Å². The molecule has 1 fully saturated rings. The fourth-order valence-electron chi connectivity index (χ4n) is 3.29. The minimum absolute atomic E-state index is 0.201. The SMILES string of the molecule is Cc1cn(C2CCCCC2)nc1NC(=O)NCc1cccc(C(=O)O)c1. The molecular formula is C19H24N4O3. The smallest absolute Gasteiger partial charge is 0.335 e. The van der Waals surface area contributed by atoms with Crippen LogP contribution in [0, 0.1) is 6.92 Å². The van der Waals surface area contributed by atoms with Gasteiger partial charge in [-0.1, -0.05) is 31.4 Å². The molecule has 1 aliphatic rings. The second kappa shape index (κ2) is 8.03. The van der Waals surface area contributed by atoms with Crippen molar-refractivity contribution in [2.75, 3.05) is 5.32 Å². The molecule has 1 aliphatic carbocycles. The van der Waals surface area contributed by atoms with Gasteiger partial charge in [-0.2, -0.15) is 5.10 Å². The van der Waals surface area contributed by atoms with Crippen LogP contribution in [-0.2, 0) is 6.54 Å². The molecule has 2 aromatic rings. The zero-order valence-electron chi connectivity index (χ0n) is 14.9. The van der Waals surface area contributed by atoms with Crippen LogP contribution < -0.4 is 10.6 Å². The first-order valence-electron chi connectivity index (χ1n) is 8.96. The Bertz CT molecular complexity index is 794. The minimum atomic E-state index is -0.986. The Kier molecular flexibility index (Phi) is 5.55. The number of benzene rings is 1. The lowest BCUT2D eigenvalue weighted by atomic mass is 9.96. The molecule has 7 nitrogen and oxygen atoms in total. The fraction of sp³-hybridized carbons (Fsp3) is 0.421. The van der Waals surface area contributed by atoms with Crippen LogP contribution in [0.3, 0.4) is 0 Å². The second-order valence-corrected chi connectivity index (χ2v) is 6.75. The first-order chi connectivity index (χ1) is 12.5. The number of hydrogen-bond acceptors (Lipinski definition) is 3. The zero-order valence-corrected chi connectivity index (χ0v) is 14.9. The predicted molar refractivity (Wildman–Crippen MR) is 98.3 cm³/mol. The molecule has 138 valence electrons. The third-order valence-electron chi connectivity index (χ3n) is 4.72. The lowest BCUT2D eigenvalue weighted by molar-refractivity contribution is 0.0696. The maximum atomic E-state index is 12.2. The van der Waals surface area contributed by atoms with Crippen molar-refractivity contribution in [1.29, 1.82) is 0 Å². The number of carbonyl (C=O) groups excluding carboxylic acids is 1. The Morgan fingerprint density at radius 3 is 2.77 bits per heavy atom.